The van der Waals surface area contributed by atoms with Gasteiger partial charge < -0.3 is 14.8 Å². The minimum Gasteiger partial charge on any atom is -0.507 e. The van der Waals surface area contributed by atoms with Crippen LogP contribution < -0.4 is 4.74 Å². The van der Waals surface area contributed by atoms with Gasteiger partial charge in [0, 0.05) is 35.8 Å². The van der Waals surface area contributed by atoms with Gasteiger partial charge in [-0.3, -0.25) is 9.69 Å². The Kier molecular flexibility index (Phi) is 4.40. The van der Waals surface area contributed by atoms with E-state index >= 15 is 0 Å². The average Bonchev–Trinajstić information content (AvgIpc) is 3.26. The van der Waals surface area contributed by atoms with Crippen molar-refractivity contribution in [1.29, 1.82) is 0 Å². The number of phenolic OH excluding ortho intramolecular Hbond substituents is 1. The molecule has 5 heteroatoms. The van der Waals surface area contributed by atoms with Crippen LogP contribution in [0.2, 0.25) is 0 Å². The molecule has 1 saturated heterocycles. The average molecular weight is 388 g/mol. The van der Waals surface area contributed by atoms with Crippen molar-refractivity contribution in [3.05, 3.63) is 65.0 Å². The maximum absolute atomic E-state index is 13.0. The zero-order chi connectivity index (χ0) is 20.0. The largest absolute Gasteiger partial charge is 0.507 e. The second-order valence-electron chi connectivity index (χ2n) is 8.15. The Morgan fingerprint density at radius 2 is 2.14 bits per heavy atom. The fourth-order valence-electron chi connectivity index (χ4n) is 4.46. The second-order valence-corrected chi connectivity index (χ2v) is 8.15. The van der Waals surface area contributed by atoms with Crippen molar-refractivity contribution in [1.82, 2.24) is 9.88 Å². The van der Waals surface area contributed by atoms with Crippen LogP contribution in [0.1, 0.15) is 41.3 Å². The molecule has 2 aliphatic rings. The van der Waals surface area contributed by atoms with E-state index in [1.54, 1.807) is 18.2 Å². The van der Waals surface area contributed by atoms with E-state index in [4.69, 9.17) is 4.74 Å². The van der Waals surface area contributed by atoms with E-state index in [0.29, 0.717) is 35.1 Å². The first-order chi connectivity index (χ1) is 14.1. The van der Waals surface area contributed by atoms with Gasteiger partial charge in [-0.05, 0) is 49.6 Å². The molecule has 3 heterocycles. The Balaban J connectivity index is 1.49. The standard InChI is InChI=1S/C24H24N2O3/c1-15-5-4-10-26(13-15)14-19-21(27)9-8-18-23(28)22(29-24(18)19)11-16-12-25-20-7-3-2-6-17(16)20/h2-3,6-9,11-12,15,25,27H,4-5,10,13-14H2,1H3. The Labute approximate surface area is 169 Å². The van der Waals surface area contributed by atoms with Crippen molar-refractivity contribution in [3.63, 3.8) is 0 Å². The van der Waals surface area contributed by atoms with Crippen LogP contribution in [0.3, 0.4) is 0 Å². The summed E-state index contributed by atoms with van der Waals surface area (Å²) in [6.45, 7) is 4.84. The maximum Gasteiger partial charge on any atom is 0.231 e. The number of piperidine rings is 1. The number of ether oxygens (including phenoxy) is 1. The van der Waals surface area contributed by atoms with Crippen LogP contribution in [0.5, 0.6) is 11.5 Å². The molecule has 0 radical (unpaired) electrons. The van der Waals surface area contributed by atoms with Gasteiger partial charge in [0.2, 0.25) is 5.78 Å². The van der Waals surface area contributed by atoms with E-state index in [1.165, 1.54) is 6.42 Å². The van der Waals surface area contributed by atoms with Crippen molar-refractivity contribution in [2.75, 3.05) is 13.1 Å². The minimum atomic E-state index is -0.140. The SMILES string of the molecule is CC1CCCN(Cc2c(O)ccc3c2OC(=Cc2c[nH]c4ccccc24)C3=O)C1. The highest BCUT2D eigenvalue weighted by Crippen LogP contribution is 2.40. The lowest BCUT2D eigenvalue weighted by atomic mass is 9.99. The molecule has 2 aliphatic heterocycles. The maximum atomic E-state index is 13.0. The van der Waals surface area contributed by atoms with Gasteiger partial charge >= 0.3 is 0 Å². The number of aromatic nitrogens is 1. The van der Waals surface area contributed by atoms with Crippen LogP contribution in [0, 0.1) is 5.92 Å². The minimum absolute atomic E-state index is 0.140. The van der Waals surface area contributed by atoms with E-state index in [9.17, 15) is 9.90 Å². The number of hydrogen-bond acceptors (Lipinski definition) is 4. The number of aromatic amines is 1. The molecule has 0 amide bonds. The van der Waals surface area contributed by atoms with Crippen molar-refractivity contribution in [2.45, 2.75) is 26.3 Å². The molecule has 0 bridgehead atoms. The van der Waals surface area contributed by atoms with Gasteiger partial charge in [-0.15, -0.1) is 0 Å². The quantitative estimate of drug-likeness (QED) is 0.637. The number of nitrogens with zero attached hydrogens (tertiary/aromatic N) is 1. The number of fused-ring (bicyclic) bond motifs is 2. The van der Waals surface area contributed by atoms with Gasteiger partial charge in [0.25, 0.3) is 0 Å². The van der Waals surface area contributed by atoms with Gasteiger partial charge in [-0.2, -0.15) is 0 Å². The lowest BCUT2D eigenvalue weighted by molar-refractivity contribution is 0.101. The molecule has 5 rings (SSSR count). The number of Topliss-reactive ketones (excluding diaryl/α,β-unsaturated/α-hetero) is 1. The lowest BCUT2D eigenvalue weighted by Crippen LogP contribution is -2.33. The number of ketones is 1. The summed E-state index contributed by atoms with van der Waals surface area (Å²) in [7, 11) is 0. The Morgan fingerprint density at radius 1 is 1.28 bits per heavy atom. The molecular formula is C24H24N2O3. The van der Waals surface area contributed by atoms with Gasteiger partial charge in [-0.25, -0.2) is 0 Å². The van der Waals surface area contributed by atoms with Gasteiger partial charge in [-0.1, -0.05) is 25.1 Å². The molecule has 3 aromatic rings. The highest BCUT2D eigenvalue weighted by molar-refractivity contribution is 6.15. The molecule has 1 atom stereocenters. The molecule has 2 aromatic carbocycles. The Morgan fingerprint density at radius 3 is 3.00 bits per heavy atom. The number of benzene rings is 2. The zero-order valence-corrected chi connectivity index (χ0v) is 16.4. The molecular weight excluding hydrogens is 364 g/mol. The number of carbonyl (C=O) groups excluding carboxylic acids is 1. The van der Waals surface area contributed by atoms with Crippen LogP contribution in [0.15, 0.2) is 48.4 Å². The number of allylic oxidation sites excluding steroid dienone is 1. The molecule has 0 spiro atoms. The smallest absolute Gasteiger partial charge is 0.231 e. The summed E-state index contributed by atoms with van der Waals surface area (Å²) in [5, 5.41) is 11.5. The second kappa shape index (κ2) is 7.08. The topological polar surface area (TPSA) is 65.6 Å². The van der Waals surface area contributed by atoms with Crippen molar-refractivity contribution < 1.29 is 14.6 Å². The van der Waals surface area contributed by atoms with Gasteiger partial charge in [0.15, 0.2) is 5.76 Å². The van der Waals surface area contributed by atoms with Crippen LogP contribution in [0.4, 0.5) is 0 Å². The van der Waals surface area contributed by atoms with Crippen molar-refractivity contribution in [3.8, 4) is 11.5 Å². The summed E-state index contributed by atoms with van der Waals surface area (Å²) < 4.78 is 6.03. The summed E-state index contributed by atoms with van der Waals surface area (Å²) in [6.07, 6.45) is 6.06. The highest BCUT2D eigenvalue weighted by Gasteiger charge is 2.32. The van der Waals surface area contributed by atoms with E-state index in [2.05, 4.69) is 16.8 Å². The number of likely N-dealkylation sites (tertiary alicyclic amines) is 1. The molecule has 2 N–H and O–H groups in total. The number of para-hydroxylation sites is 1. The summed E-state index contributed by atoms with van der Waals surface area (Å²) in [5.74, 6) is 1.48. The van der Waals surface area contributed by atoms with Gasteiger partial charge in [0.05, 0.1) is 11.1 Å². The predicted octanol–water partition coefficient (Wildman–Crippen LogP) is 4.72. The fourth-order valence-corrected chi connectivity index (χ4v) is 4.46. The Bertz CT molecular complexity index is 1130. The van der Waals surface area contributed by atoms with E-state index in [0.717, 1.165) is 36.0 Å². The predicted molar refractivity (Wildman–Crippen MR) is 113 cm³/mol. The fraction of sp³-hybridized carbons (Fsp3) is 0.292. The van der Waals surface area contributed by atoms with Crippen LogP contribution in [-0.4, -0.2) is 33.9 Å². The van der Waals surface area contributed by atoms with Crippen LogP contribution in [-0.2, 0) is 6.54 Å². The third-order valence-electron chi connectivity index (χ3n) is 5.95. The van der Waals surface area contributed by atoms with Crippen LogP contribution >= 0.6 is 0 Å². The Hall–Kier alpha value is -3.05. The first-order valence-electron chi connectivity index (χ1n) is 10.2. The number of carbonyl (C=O) groups is 1. The number of hydrogen-bond donors (Lipinski definition) is 2. The summed E-state index contributed by atoms with van der Waals surface area (Å²) >= 11 is 0. The first kappa shape index (κ1) is 18.0. The third-order valence-corrected chi connectivity index (χ3v) is 5.95. The molecule has 29 heavy (non-hydrogen) atoms. The van der Waals surface area contributed by atoms with Crippen molar-refractivity contribution in [2.24, 2.45) is 5.92 Å². The molecule has 1 fully saturated rings. The molecule has 0 aliphatic carbocycles. The lowest BCUT2D eigenvalue weighted by Gasteiger charge is -2.31. The monoisotopic (exact) mass is 388 g/mol. The molecule has 148 valence electrons. The first-order valence-corrected chi connectivity index (χ1v) is 10.2. The van der Waals surface area contributed by atoms with Crippen LogP contribution in [0.25, 0.3) is 17.0 Å². The zero-order valence-electron chi connectivity index (χ0n) is 16.4. The van der Waals surface area contributed by atoms with E-state index < -0.39 is 0 Å². The number of phenols is 1. The third kappa shape index (κ3) is 3.21. The summed E-state index contributed by atoms with van der Waals surface area (Å²) in [4.78, 5) is 18.5. The normalized spacial score (nSPS) is 20.9. The summed E-state index contributed by atoms with van der Waals surface area (Å²) in [5.41, 5.74) is 3.15. The highest BCUT2D eigenvalue weighted by atomic mass is 16.5. The number of rotatable bonds is 3. The molecule has 1 unspecified atom stereocenters. The molecule has 1 aromatic heterocycles. The van der Waals surface area contributed by atoms with E-state index in [1.807, 2.05) is 30.5 Å². The van der Waals surface area contributed by atoms with Crippen molar-refractivity contribution >= 4 is 22.8 Å². The summed E-state index contributed by atoms with van der Waals surface area (Å²) in [6, 6.07) is 11.2. The number of aromatic hydroxyl groups is 1. The molecule has 0 saturated carbocycles. The molecule has 5 nitrogen and oxygen atoms in total. The van der Waals surface area contributed by atoms with Gasteiger partial charge in [0.1, 0.15) is 11.5 Å². The van der Waals surface area contributed by atoms with E-state index in [-0.39, 0.29) is 11.5 Å². The number of nitrogens with one attached hydrogen (secondary N) is 1. The number of H-pyrrole nitrogens is 1.